The van der Waals surface area contributed by atoms with Crippen LogP contribution in [0.15, 0.2) is 16.0 Å². The number of aliphatic hydroxyl groups is 2. The van der Waals surface area contributed by atoms with Gasteiger partial charge in [0.1, 0.15) is 11.5 Å². The molecule has 0 spiro atoms. The Morgan fingerprint density at radius 1 is 1.61 bits per heavy atom. The van der Waals surface area contributed by atoms with Crippen LogP contribution in [0.5, 0.6) is 0 Å². The van der Waals surface area contributed by atoms with Crippen LogP contribution in [-0.4, -0.2) is 74.1 Å². The average Bonchev–Trinajstić information content (AvgIpc) is 3.08. The number of H-pyrrole nitrogens is 1. The van der Waals surface area contributed by atoms with Gasteiger partial charge in [0, 0.05) is 20.5 Å². The number of nitrogens with one attached hydrogen (secondary N) is 1. The fraction of sp³-hybridized carbons (Fsp3) is 0.538. The predicted octanol–water partition coefficient (Wildman–Crippen LogP) is -1.02. The molecule has 1 aliphatic rings. The largest absolute Gasteiger partial charge is 0.394 e. The van der Waals surface area contributed by atoms with Crippen molar-refractivity contribution in [3.63, 3.8) is 0 Å². The third kappa shape index (κ3) is 2.96. The van der Waals surface area contributed by atoms with Crippen molar-refractivity contribution in [3.05, 3.63) is 16.6 Å². The van der Waals surface area contributed by atoms with Crippen LogP contribution >= 0.6 is 0 Å². The molecule has 124 valence electrons. The van der Waals surface area contributed by atoms with Crippen molar-refractivity contribution in [3.8, 4) is 0 Å². The normalized spacial score (nSPS) is 24.8. The lowest BCUT2D eigenvalue weighted by Gasteiger charge is -2.12. The van der Waals surface area contributed by atoms with Crippen molar-refractivity contribution in [1.82, 2.24) is 24.6 Å². The van der Waals surface area contributed by atoms with Gasteiger partial charge in [0.05, 0.1) is 25.2 Å². The fourth-order valence-electron chi connectivity index (χ4n) is 2.40. The Labute approximate surface area is 131 Å². The summed E-state index contributed by atoms with van der Waals surface area (Å²) in [7, 11) is 3.60. The van der Waals surface area contributed by atoms with E-state index in [0.717, 1.165) is 0 Å². The maximum absolute atomic E-state index is 12.1. The molecule has 0 saturated carbocycles. The first-order valence-corrected chi connectivity index (χ1v) is 7.12. The molecule has 1 fully saturated rings. The highest BCUT2D eigenvalue weighted by atomic mass is 16.5. The minimum absolute atomic E-state index is 0.148. The molecule has 1 aliphatic heterocycles. The molecule has 2 aromatic heterocycles. The second-order valence-corrected chi connectivity index (χ2v) is 5.54. The molecule has 0 radical (unpaired) electrons. The molecule has 0 unspecified atom stereocenters. The summed E-state index contributed by atoms with van der Waals surface area (Å²) in [6.07, 6.45) is 1.10. The van der Waals surface area contributed by atoms with Gasteiger partial charge in [-0.2, -0.15) is 10.1 Å². The van der Waals surface area contributed by atoms with Crippen molar-refractivity contribution in [2.24, 2.45) is 4.99 Å². The molecule has 23 heavy (non-hydrogen) atoms. The Morgan fingerprint density at radius 3 is 3.04 bits per heavy atom. The zero-order valence-corrected chi connectivity index (χ0v) is 12.7. The first-order valence-electron chi connectivity index (χ1n) is 7.12. The van der Waals surface area contributed by atoms with E-state index in [1.165, 1.54) is 17.2 Å². The molecule has 10 heteroatoms. The van der Waals surface area contributed by atoms with Crippen molar-refractivity contribution in [2.45, 2.75) is 24.9 Å². The summed E-state index contributed by atoms with van der Waals surface area (Å²) in [6, 6.07) is 0. The van der Waals surface area contributed by atoms with E-state index in [1.54, 1.807) is 19.0 Å². The van der Waals surface area contributed by atoms with E-state index in [9.17, 15) is 9.90 Å². The van der Waals surface area contributed by atoms with Gasteiger partial charge in [0.2, 0.25) is 5.95 Å². The van der Waals surface area contributed by atoms with Crippen LogP contribution in [0, 0.1) is 0 Å². The first kappa shape index (κ1) is 15.6. The summed E-state index contributed by atoms with van der Waals surface area (Å²) >= 11 is 0. The highest BCUT2D eigenvalue weighted by Gasteiger charge is 2.35. The van der Waals surface area contributed by atoms with Gasteiger partial charge in [0.25, 0.3) is 5.56 Å². The van der Waals surface area contributed by atoms with Crippen LogP contribution in [0.25, 0.3) is 11.0 Å². The second kappa shape index (κ2) is 6.07. The van der Waals surface area contributed by atoms with Gasteiger partial charge in [-0.15, -0.1) is 0 Å². The van der Waals surface area contributed by atoms with E-state index >= 15 is 0 Å². The van der Waals surface area contributed by atoms with E-state index < -0.39 is 18.4 Å². The Morgan fingerprint density at radius 2 is 2.39 bits per heavy atom. The summed E-state index contributed by atoms with van der Waals surface area (Å²) in [6.45, 7) is -0.288. The molecule has 0 aromatic carbocycles. The maximum Gasteiger partial charge on any atom is 0.263 e. The van der Waals surface area contributed by atoms with Crippen molar-refractivity contribution < 1.29 is 14.9 Å². The number of hydrogen-bond acceptors (Lipinski definition) is 7. The Kier molecular flexibility index (Phi) is 4.11. The number of ether oxygens (including phenoxy) is 1. The Hall–Kier alpha value is -2.30. The molecule has 1 saturated heterocycles. The second-order valence-electron chi connectivity index (χ2n) is 5.54. The number of aromatic amines is 1. The van der Waals surface area contributed by atoms with Crippen LogP contribution in [0.1, 0.15) is 12.6 Å². The van der Waals surface area contributed by atoms with Gasteiger partial charge >= 0.3 is 0 Å². The topological polar surface area (TPSA) is 129 Å². The molecule has 0 bridgehead atoms. The minimum Gasteiger partial charge on any atom is -0.394 e. The number of nitrogens with zero attached hydrogens (tertiary/aromatic N) is 5. The number of aliphatic imine (C=N–C) groups is 1. The summed E-state index contributed by atoms with van der Waals surface area (Å²) in [5.41, 5.74) is -0.0418. The van der Waals surface area contributed by atoms with Gasteiger partial charge in [-0.05, 0) is 0 Å². The number of rotatable bonds is 4. The number of fused-ring (bicyclic) bond motifs is 1. The average molecular weight is 322 g/mol. The lowest BCUT2D eigenvalue weighted by atomic mass is 10.2. The lowest BCUT2D eigenvalue weighted by molar-refractivity contribution is -0.0470. The number of aliphatic hydroxyl groups excluding tert-OH is 2. The van der Waals surface area contributed by atoms with Crippen molar-refractivity contribution in [2.75, 3.05) is 20.7 Å². The number of hydrogen-bond donors (Lipinski definition) is 3. The smallest absolute Gasteiger partial charge is 0.263 e. The van der Waals surface area contributed by atoms with Gasteiger partial charge < -0.3 is 19.8 Å². The monoisotopic (exact) mass is 322 g/mol. The number of aromatic nitrogens is 4. The standard InChI is InChI=1S/C13H18N6O4/c1-18(2)6-14-13-16-11-7(12(22)17-13)4-15-19(11)10-3-8(21)9(5-20)23-10/h4,6,8-10,20-21H,3,5H2,1-2H3,(H,16,17,22)/t8-,9-,10-/m1/s1. The maximum atomic E-state index is 12.1. The first-order chi connectivity index (χ1) is 11.0. The fourth-order valence-corrected chi connectivity index (χ4v) is 2.40. The van der Waals surface area contributed by atoms with Crippen LogP contribution in [-0.2, 0) is 4.74 Å². The van der Waals surface area contributed by atoms with Crippen LogP contribution in [0.2, 0.25) is 0 Å². The molecular formula is C13H18N6O4. The Balaban J connectivity index is 2.00. The zero-order chi connectivity index (χ0) is 16.6. The van der Waals surface area contributed by atoms with Crippen LogP contribution < -0.4 is 5.56 Å². The van der Waals surface area contributed by atoms with Crippen molar-refractivity contribution >= 4 is 23.3 Å². The summed E-state index contributed by atoms with van der Waals surface area (Å²) in [4.78, 5) is 24.7. The summed E-state index contributed by atoms with van der Waals surface area (Å²) < 4.78 is 6.98. The molecule has 3 heterocycles. The van der Waals surface area contributed by atoms with Gasteiger partial charge in [-0.3, -0.25) is 9.78 Å². The highest BCUT2D eigenvalue weighted by Crippen LogP contribution is 2.29. The van der Waals surface area contributed by atoms with Crippen LogP contribution in [0.4, 0.5) is 5.95 Å². The molecule has 3 atom stereocenters. The summed E-state index contributed by atoms with van der Waals surface area (Å²) in [5, 5.41) is 23.4. The van der Waals surface area contributed by atoms with E-state index in [4.69, 9.17) is 9.84 Å². The Bertz CT molecular complexity index is 782. The van der Waals surface area contributed by atoms with E-state index in [1.807, 2.05) is 0 Å². The molecular weight excluding hydrogens is 304 g/mol. The van der Waals surface area contributed by atoms with E-state index in [2.05, 4.69) is 20.1 Å². The quantitative estimate of drug-likeness (QED) is 0.485. The molecule has 3 N–H and O–H groups in total. The predicted molar refractivity (Wildman–Crippen MR) is 81.6 cm³/mol. The third-order valence-corrected chi connectivity index (χ3v) is 3.52. The highest BCUT2D eigenvalue weighted by molar-refractivity contribution is 5.74. The van der Waals surface area contributed by atoms with E-state index in [-0.39, 0.29) is 24.5 Å². The molecule has 0 amide bonds. The van der Waals surface area contributed by atoms with Gasteiger partial charge in [-0.25, -0.2) is 9.67 Å². The molecule has 10 nitrogen and oxygen atoms in total. The molecule has 0 aliphatic carbocycles. The molecule has 2 aromatic rings. The summed E-state index contributed by atoms with van der Waals surface area (Å²) in [5.74, 6) is 0.148. The van der Waals surface area contributed by atoms with E-state index in [0.29, 0.717) is 11.0 Å². The lowest BCUT2D eigenvalue weighted by Crippen LogP contribution is -2.24. The van der Waals surface area contributed by atoms with Crippen molar-refractivity contribution in [1.29, 1.82) is 0 Å². The van der Waals surface area contributed by atoms with Gasteiger partial charge in [0.15, 0.2) is 11.9 Å². The third-order valence-electron chi connectivity index (χ3n) is 3.52. The zero-order valence-electron chi connectivity index (χ0n) is 12.7. The SMILES string of the molecule is CN(C)C=Nc1nc2c(cnn2[C@H]2C[C@@H](O)[C@@H](CO)O2)c(=O)[nH]1. The van der Waals surface area contributed by atoms with Gasteiger partial charge in [-0.1, -0.05) is 0 Å². The molecule has 3 rings (SSSR count). The van der Waals surface area contributed by atoms with Crippen LogP contribution in [0.3, 0.4) is 0 Å². The minimum atomic E-state index is -0.794.